The van der Waals surface area contributed by atoms with Crippen molar-refractivity contribution >= 4 is 15.7 Å². The van der Waals surface area contributed by atoms with E-state index in [2.05, 4.69) is 20.5 Å². The SMILES string of the molecule is Cc1nc(CN(C)S(=O)(=O)c2ccc3c(c2)NCC3)n[nH]1. The third-order valence-corrected chi connectivity index (χ3v) is 5.31. The van der Waals surface area contributed by atoms with Crippen molar-refractivity contribution in [2.75, 3.05) is 18.9 Å². The number of nitrogens with one attached hydrogen (secondary N) is 2. The van der Waals surface area contributed by atoms with Crippen LogP contribution in [0.5, 0.6) is 0 Å². The topological polar surface area (TPSA) is 91.0 Å². The molecule has 0 saturated heterocycles. The second-order valence-corrected chi connectivity index (χ2v) is 7.14. The van der Waals surface area contributed by atoms with E-state index in [0.29, 0.717) is 11.6 Å². The van der Waals surface area contributed by atoms with Gasteiger partial charge in [0.05, 0.1) is 11.4 Å². The van der Waals surface area contributed by atoms with Gasteiger partial charge in [0.15, 0.2) is 5.82 Å². The molecule has 0 atom stereocenters. The average molecular weight is 307 g/mol. The van der Waals surface area contributed by atoms with Crippen LogP contribution in [0.1, 0.15) is 17.2 Å². The molecule has 21 heavy (non-hydrogen) atoms. The standard InChI is InChI=1S/C13H17N5O2S/c1-9-15-13(17-16-9)8-18(2)21(19,20)11-4-3-10-5-6-14-12(10)7-11/h3-4,7,14H,5-6,8H2,1-2H3,(H,15,16,17). The zero-order valence-electron chi connectivity index (χ0n) is 11.9. The summed E-state index contributed by atoms with van der Waals surface area (Å²) in [7, 11) is -2.02. The van der Waals surface area contributed by atoms with Crippen LogP contribution in [0.4, 0.5) is 5.69 Å². The van der Waals surface area contributed by atoms with Gasteiger partial charge in [0.25, 0.3) is 0 Å². The maximum Gasteiger partial charge on any atom is 0.243 e. The van der Waals surface area contributed by atoms with E-state index in [1.165, 1.54) is 11.4 Å². The molecule has 0 aliphatic carbocycles. The van der Waals surface area contributed by atoms with Gasteiger partial charge in [-0.1, -0.05) is 6.07 Å². The van der Waals surface area contributed by atoms with Crippen LogP contribution in [0.2, 0.25) is 0 Å². The number of rotatable bonds is 4. The van der Waals surface area contributed by atoms with E-state index in [9.17, 15) is 8.42 Å². The zero-order chi connectivity index (χ0) is 15.0. The molecule has 0 unspecified atom stereocenters. The fraction of sp³-hybridized carbons (Fsp3) is 0.385. The number of fused-ring (bicyclic) bond motifs is 1. The molecule has 3 rings (SSSR count). The molecule has 2 heterocycles. The number of aryl methyl sites for hydroxylation is 1. The molecule has 0 radical (unpaired) electrons. The lowest BCUT2D eigenvalue weighted by atomic mass is 10.2. The Morgan fingerprint density at radius 1 is 1.38 bits per heavy atom. The second kappa shape index (κ2) is 5.12. The van der Waals surface area contributed by atoms with Gasteiger partial charge in [0.1, 0.15) is 5.82 Å². The Labute approximate surface area is 123 Å². The number of aromatic amines is 1. The first-order chi connectivity index (χ1) is 9.96. The van der Waals surface area contributed by atoms with Crippen LogP contribution in [0.15, 0.2) is 23.1 Å². The van der Waals surface area contributed by atoms with E-state index in [1.807, 2.05) is 6.07 Å². The molecule has 1 aromatic carbocycles. The summed E-state index contributed by atoms with van der Waals surface area (Å²) in [5.41, 5.74) is 2.06. The quantitative estimate of drug-likeness (QED) is 0.876. The molecule has 0 fully saturated rings. The van der Waals surface area contributed by atoms with Gasteiger partial charge >= 0.3 is 0 Å². The molecule has 8 heteroatoms. The van der Waals surface area contributed by atoms with Crippen LogP contribution in [0, 0.1) is 6.92 Å². The van der Waals surface area contributed by atoms with Crippen molar-refractivity contribution in [2.24, 2.45) is 0 Å². The zero-order valence-corrected chi connectivity index (χ0v) is 12.7. The predicted molar refractivity (Wildman–Crippen MR) is 78.4 cm³/mol. The lowest BCUT2D eigenvalue weighted by Crippen LogP contribution is -2.27. The number of aromatic nitrogens is 3. The third kappa shape index (κ3) is 2.64. The fourth-order valence-electron chi connectivity index (χ4n) is 2.35. The Hall–Kier alpha value is -1.93. The minimum atomic E-state index is -3.55. The molecule has 0 amide bonds. The van der Waals surface area contributed by atoms with Crippen LogP contribution in [0.25, 0.3) is 0 Å². The van der Waals surface area contributed by atoms with Crippen molar-refractivity contribution in [3.05, 3.63) is 35.4 Å². The Bertz CT molecular complexity index is 769. The molecule has 1 aliphatic rings. The van der Waals surface area contributed by atoms with Crippen molar-refractivity contribution in [1.82, 2.24) is 19.5 Å². The highest BCUT2D eigenvalue weighted by Gasteiger charge is 2.24. The number of H-pyrrole nitrogens is 1. The maximum absolute atomic E-state index is 12.6. The molecule has 0 bridgehead atoms. The Balaban J connectivity index is 1.85. The smallest absolute Gasteiger partial charge is 0.243 e. The summed E-state index contributed by atoms with van der Waals surface area (Å²) in [6.45, 7) is 2.76. The van der Waals surface area contributed by atoms with E-state index >= 15 is 0 Å². The molecule has 1 aliphatic heterocycles. The summed E-state index contributed by atoms with van der Waals surface area (Å²) < 4.78 is 26.4. The van der Waals surface area contributed by atoms with Gasteiger partial charge in [0.2, 0.25) is 10.0 Å². The number of benzene rings is 1. The van der Waals surface area contributed by atoms with Gasteiger partial charge in [0, 0.05) is 19.3 Å². The first-order valence-electron chi connectivity index (χ1n) is 6.68. The van der Waals surface area contributed by atoms with E-state index in [0.717, 1.165) is 24.2 Å². The van der Waals surface area contributed by atoms with Gasteiger partial charge in [-0.05, 0) is 31.0 Å². The van der Waals surface area contributed by atoms with E-state index in [1.54, 1.807) is 19.1 Å². The van der Waals surface area contributed by atoms with Crippen LogP contribution in [-0.4, -0.2) is 41.5 Å². The molecule has 112 valence electrons. The first kappa shape index (κ1) is 14.0. The van der Waals surface area contributed by atoms with Crippen molar-refractivity contribution in [3.63, 3.8) is 0 Å². The Morgan fingerprint density at radius 3 is 2.90 bits per heavy atom. The molecule has 0 saturated carbocycles. The minimum Gasteiger partial charge on any atom is -0.384 e. The van der Waals surface area contributed by atoms with E-state index < -0.39 is 10.0 Å². The highest BCUT2D eigenvalue weighted by atomic mass is 32.2. The lowest BCUT2D eigenvalue weighted by Gasteiger charge is -2.16. The molecular weight excluding hydrogens is 290 g/mol. The summed E-state index contributed by atoms with van der Waals surface area (Å²) in [5, 5.41) is 9.86. The highest BCUT2D eigenvalue weighted by Crippen LogP contribution is 2.26. The lowest BCUT2D eigenvalue weighted by molar-refractivity contribution is 0.457. The number of hydrogen-bond acceptors (Lipinski definition) is 5. The number of anilines is 1. The highest BCUT2D eigenvalue weighted by molar-refractivity contribution is 7.89. The first-order valence-corrected chi connectivity index (χ1v) is 8.12. The monoisotopic (exact) mass is 307 g/mol. The van der Waals surface area contributed by atoms with Crippen LogP contribution >= 0.6 is 0 Å². The molecule has 1 aromatic heterocycles. The van der Waals surface area contributed by atoms with Crippen molar-refractivity contribution in [2.45, 2.75) is 24.8 Å². The fourth-order valence-corrected chi connectivity index (χ4v) is 3.51. The van der Waals surface area contributed by atoms with Crippen molar-refractivity contribution in [3.8, 4) is 0 Å². The maximum atomic E-state index is 12.6. The van der Waals surface area contributed by atoms with Gasteiger partial charge in [-0.15, -0.1) is 0 Å². The number of hydrogen-bond donors (Lipinski definition) is 2. The molecule has 2 N–H and O–H groups in total. The largest absolute Gasteiger partial charge is 0.384 e. The Kier molecular flexibility index (Phi) is 3.42. The van der Waals surface area contributed by atoms with Crippen molar-refractivity contribution in [1.29, 1.82) is 0 Å². The summed E-state index contributed by atoms with van der Waals surface area (Å²) in [6, 6.07) is 5.21. The van der Waals surface area contributed by atoms with E-state index in [4.69, 9.17) is 0 Å². The van der Waals surface area contributed by atoms with Crippen LogP contribution in [0.3, 0.4) is 0 Å². The van der Waals surface area contributed by atoms with Gasteiger partial charge in [-0.2, -0.15) is 9.40 Å². The van der Waals surface area contributed by atoms with Gasteiger partial charge < -0.3 is 5.32 Å². The number of sulfonamides is 1. The normalized spacial score (nSPS) is 14.2. The summed E-state index contributed by atoms with van der Waals surface area (Å²) in [6.07, 6.45) is 0.933. The second-order valence-electron chi connectivity index (χ2n) is 5.09. The molecule has 7 nitrogen and oxygen atoms in total. The van der Waals surface area contributed by atoms with Crippen molar-refractivity contribution < 1.29 is 8.42 Å². The summed E-state index contributed by atoms with van der Waals surface area (Å²) in [4.78, 5) is 4.41. The predicted octanol–water partition coefficient (Wildman–Crippen LogP) is 0.902. The van der Waals surface area contributed by atoms with E-state index in [-0.39, 0.29) is 11.4 Å². The summed E-state index contributed by atoms with van der Waals surface area (Å²) >= 11 is 0. The molecule has 2 aromatic rings. The van der Waals surface area contributed by atoms with Gasteiger partial charge in [-0.3, -0.25) is 5.10 Å². The molecular formula is C13H17N5O2S. The summed E-state index contributed by atoms with van der Waals surface area (Å²) in [5.74, 6) is 1.12. The third-order valence-electron chi connectivity index (χ3n) is 3.51. The Morgan fingerprint density at radius 2 is 2.19 bits per heavy atom. The number of nitrogens with zero attached hydrogens (tertiary/aromatic N) is 3. The average Bonchev–Trinajstić information content (AvgIpc) is 3.06. The van der Waals surface area contributed by atoms with Crippen LogP contribution < -0.4 is 5.32 Å². The molecule has 0 spiro atoms. The van der Waals surface area contributed by atoms with Gasteiger partial charge in [-0.25, -0.2) is 13.4 Å². The van der Waals surface area contributed by atoms with Crippen LogP contribution in [-0.2, 0) is 23.0 Å². The minimum absolute atomic E-state index is 0.136.